The van der Waals surface area contributed by atoms with Crippen molar-refractivity contribution >= 4 is 50.9 Å². The van der Waals surface area contributed by atoms with Crippen LogP contribution in [0.4, 0.5) is 0 Å². The molecular weight excluding hydrogens is 559 g/mol. The highest BCUT2D eigenvalue weighted by Crippen LogP contribution is 2.25. The molecule has 0 aromatic heterocycles. The van der Waals surface area contributed by atoms with Gasteiger partial charge in [0, 0.05) is 23.5 Å². The molecule has 3 aromatic carbocycles. The van der Waals surface area contributed by atoms with Crippen molar-refractivity contribution in [3.05, 3.63) is 104 Å². The fourth-order valence-corrected chi connectivity index (χ4v) is 5.22. The highest BCUT2D eigenvalue weighted by Gasteiger charge is 2.32. The number of carbonyl (C=O) groups excluding carboxylic acids is 2. The van der Waals surface area contributed by atoms with Crippen LogP contribution in [0.5, 0.6) is 0 Å². The van der Waals surface area contributed by atoms with E-state index in [1.165, 1.54) is 0 Å². The van der Waals surface area contributed by atoms with Crippen LogP contribution in [0, 0.1) is 0 Å². The summed E-state index contributed by atoms with van der Waals surface area (Å²) in [5.74, 6) is -0.246. The van der Waals surface area contributed by atoms with Crippen molar-refractivity contribution in [3.63, 3.8) is 0 Å². The SMILES string of the molecule is O=C(NC1CCCC1)[C@@H](Cc1ccccc1)N(Cc1ccc(Br)cc1)C(=O)Cc1ccc(Cl)c(Cl)c1. The minimum atomic E-state index is -0.646. The molecule has 2 amide bonds. The van der Waals surface area contributed by atoms with E-state index in [0.717, 1.165) is 46.8 Å². The molecule has 1 aliphatic carbocycles. The molecule has 1 N–H and O–H groups in total. The third-order valence-corrected chi connectivity index (χ3v) is 7.85. The van der Waals surface area contributed by atoms with Crippen LogP contribution in [0.2, 0.25) is 10.0 Å². The second kappa shape index (κ2) is 12.8. The van der Waals surface area contributed by atoms with Gasteiger partial charge in [0.05, 0.1) is 16.5 Å². The smallest absolute Gasteiger partial charge is 0.243 e. The van der Waals surface area contributed by atoms with Gasteiger partial charge in [-0.1, -0.05) is 101 Å². The molecular formula is C29H29BrCl2N2O2. The van der Waals surface area contributed by atoms with Gasteiger partial charge in [0.1, 0.15) is 6.04 Å². The fraction of sp³-hybridized carbons (Fsp3) is 0.310. The molecule has 4 nitrogen and oxygen atoms in total. The van der Waals surface area contributed by atoms with Crippen molar-refractivity contribution in [2.45, 2.75) is 57.2 Å². The van der Waals surface area contributed by atoms with Gasteiger partial charge in [-0.15, -0.1) is 0 Å². The zero-order valence-corrected chi connectivity index (χ0v) is 23.0. The molecule has 0 saturated heterocycles. The summed E-state index contributed by atoms with van der Waals surface area (Å²) < 4.78 is 0.958. The summed E-state index contributed by atoms with van der Waals surface area (Å²) in [5.41, 5.74) is 2.71. The van der Waals surface area contributed by atoms with Crippen LogP contribution in [0.3, 0.4) is 0 Å². The van der Waals surface area contributed by atoms with Gasteiger partial charge >= 0.3 is 0 Å². The minimum absolute atomic E-state index is 0.106. The largest absolute Gasteiger partial charge is 0.352 e. The van der Waals surface area contributed by atoms with E-state index < -0.39 is 6.04 Å². The molecule has 7 heteroatoms. The van der Waals surface area contributed by atoms with Gasteiger partial charge in [-0.05, 0) is 53.8 Å². The van der Waals surface area contributed by atoms with Crippen LogP contribution in [-0.2, 0) is 29.0 Å². The van der Waals surface area contributed by atoms with Crippen LogP contribution in [0.25, 0.3) is 0 Å². The van der Waals surface area contributed by atoms with E-state index in [2.05, 4.69) is 21.2 Å². The number of benzene rings is 3. The summed E-state index contributed by atoms with van der Waals surface area (Å²) in [5, 5.41) is 4.08. The van der Waals surface area contributed by atoms with E-state index in [-0.39, 0.29) is 24.3 Å². The predicted octanol–water partition coefficient (Wildman–Crippen LogP) is 7.00. The van der Waals surface area contributed by atoms with Crippen molar-refractivity contribution < 1.29 is 9.59 Å². The Bertz CT molecular complexity index is 1180. The fourth-order valence-electron chi connectivity index (χ4n) is 4.63. The van der Waals surface area contributed by atoms with Gasteiger partial charge in [-0.25, -0.2) is 0 Å². The number of amides is 2. The number of hydrogen-bond acceptors (Lipinski definition) is 2. The summed E-state index contributed by atoms with van der Waals surface area (Å²) in [6.45, 7) is 0.322. The van der Waals surface area contributed by atoms with E-state index in [9.17, 15) is 9.59 Å². The van der Waals surface area contributed by atoms with Crippen LogP contribution >= 0.6 is 39.1 Å². The molecule has 1 aliphatic rings. The highest BCUT2D eigenvalue weighted by molar-refractivity contribution is 9.10. The highest BCUT2D eigenvalue weighted by atomic mass is 79.9. The molecule has 1 atom stereocenters. The molecule has 1 saturated carbocycles. The summed E-state index contributed by atoms with van der Waals surface area (Å²) in [4.78, 5) is 29.2. The minimum Gasteiger partial charge on any atom is -0.352 e. The van der Waals surface area contributed by atoms with E-state index in [1.807, 2.05) is 54.6 Å². The van der Waals surface area contributed by atoms with Crippen molar-refractivity contribution in [2.75, 3.05) is 0 Å². The number of rotatable bonds is 9. The molecule has 0 bridgehead atoms. The van der Waals surface area contributed by atoms with Gasteiger partial charge < -0.3 is 10.2 Å². The predicted molar refractivity (Wildman–Crippen MR) is 149 cm³/mol. The average Bonchev–Trinajstić information content (AvgIpc) is 3.38. The van der Waals surface area contributed by atoms with E-state index in [4.69, 9.17) is 23.2 Å². The Morgan fingerprint density at radius 3 is 2.22 bits per heavy atom. The maximum atomic E-state index is 13.8. The summed E-state index contributed by atoms with van der Waals surface area (Å²) in [6.07, 6.45) is 4.75. The lowest BCUT2D eigenvalue weighted by Crippen LogP contribution is -2.52. The molecule has 1 fully saturated rings. The first kappa shape index (κ1) is 26.7. The van der Waals surface area contributed by atoms with Gasteiger partial charge in [-0.3, -0.25) is 9.59 Å². The van der Waals surface area contributed by atoms with Gasteiger partial charge in [0.15, 0.2) is 0 Å². The van der Waals surface area contributed by atoms with Crippen molar-refractivity contribution in [1.82, 2.24) is 10.2 Å². The zero-order valence-electron chi connectivity index (χ0n) is 19.9. The first-order chi connectivity index (χ1) is 17.4. The van der Waals surface area contributed by atoms with Crippen LogP contribution in [0.1, 0.15) is 42.4 Å². The van der Waals surface area contributed by atoms with Crippen molar-refractivity contribution in [1.29, 1.82) is 0 Å². The Morgan fingerprint density at radius 2 is 1.56 bits per heavy atom. The average molecular weight is 588 g/mol. The Labute approximate surface area is 231 Å². The van der Waals surface area contributed by atoms with E-state index >= 15 is 0 Å². The van der Waals surface area contributed by atoms with Gasteiger partial charge in [0.2, 0.25) is 11.8 Å². The molecule has 0 heterocycles. The monoisotopic (exact) mass is 586 g/mol. The topological polar surface area (TPSA) is 49.4 Å². The Kier molecular flexibility index (Phi) is 9.47. The summed E-state index contributed by atoms with van der Waals surface area (Å²) in [7, 11) is 0. The lowest BCUT2D eigenvalue weighted by molar-refractivity contribution is -0.141. The maximum Gasteiger partial charge on any atom is 0.243 e. The van der Waals surface area contributed by atoms with Crippen LogP contribution < -0.4 is 5.32 Å². The summed E-state index contributed by atoms with van der Waals surface area (Å²) in [6, 6.07) is 22.4. The third kappa shape index (κ3) is 7.34. The molecule has 0 radical (unpaired) electrons. The van der Waals surface area contributed by atoms with Gasteiger partial charge in [0.25, 0.3) is 0 Å². The first-order valence-corrected chi connectivity index (χ1v) is 13.8. The third-order valence-electron chi connectivity index (χ3n) is 6.58. The van der Waals surface area contributed by atoms with E-state index in [1.54, 1.807) is 23.1 Å². The Morgan fingerprint density at radius 1 is 0.889 bits per heavy atom. The second-order valence-electron chi connectivity index (χ2n) is 9.27. The molecule has 3 aromatic rings. The van der Waals surface area contributed by atoms with Crippen molar-refractivity contribution in [3.8, 4) is 0 Å². The lowest BCUT2D eigenvalue weighted by Gasteiger charge is -2.32. The van der Waals surface area contributed by atoms with Crippen molar-refractivity contribution in [2.24, 2.45) is 0 Å². The van der Waals surface area contributed by atoms with Crippen LogP contribution in [0.15, 0.2) is 77.3 Å². The summed E-state index contributed by atoms with van der Waals surface area (Å²) >= 11 is 15.8. The second-order valence-corrected chi connectivity index (χ2v) is 11.0. The number of halogens is 3. The molecule has 0 aliphatic heterocycles. The zero-order chi connectivity index (χ0) is 25.5. The Balaban J connectivity index is 1.66. The quantitative estimate of drug-likeness (QED) is 0.293. The Hall–Kier alpha value is -2.34. The number of nitrogens with zero attached hydrogens (tertiary/aromatic N) is 1. The number of carbonyl (C=O) groups is 2. The normalized spacial score (nSPS) is 14.4. The van der Waals surface area contributed by atoms with E-state index in [0.29, 0.717) is 23.0 Å². The molecule has 188 valence electrons. The number of hydrogen-bond donors (Lipinski definition) is 1. The van der Waals surface area contributed by atoms with Crippen LogP contribution in [-0.4, -0.2) is 28.8 Å². The molecule has 0 spiro atoms. The maximum absolute atomic E-state index is 13.8. The first-order valence-electron chi connectivity index (χ1n) is 12.2. The van der Waals surface area contributed by atoms with Gasteiger partial charge in [-0.2, -0.15) is 0 Å². The molecule has 0 unspecified atom stereocenters. The lowest BCUT2D eigenvalue weighted by atomic mass is 10.0. The standard InChI is InChI=1S/C29H29BrCl2N2O2/c30-23-13-10-21(11-14-23)19-34(28(35)18-22-12-15-25(31)26(32)16-22)27(17-20-6-2-1-3-7-20)29(36)33-24-8-4-5-9-24/h1-3,6-7,10-16,24,27H,4-5,8-9,17-19H2,(H,33,36)/t27-/m1/s1. The number of nitrogens with one attached hydrogen (secondary N) is 1. The molecule has 36 heavy (non-hydrogen) atoms. The molecule has 4 rings (SSSR count).